The van der Waals surface area contributed by atoms with Gasteiger partial charge in [0.1, 0.15) is 0 Å². The number of nitrogens with one attached hydrogen (secondary N) is 2. The number of anilines is 1. The van der Waals surface area contributed by atoms with Gasteiger partial charge in [0.2, 0.25) is 5.91 Å². The van der Waals surface area contributed by atoms with Crippen molar-refractivity contribution in [1.82, 2.24) is 5.32 Å². The molecule has 4 heteroatoms. The van der Waals surface area contributed by atoms with E-state index >= 15 is 0 Å². The third-order valence-corrected chi connectivity index (χ3v) is 3.00. The van der Waals surface area contributed by atoms with Gasteiger partial charge in [-0.1, -0.05) is 12.1 Å². The zero-order valence-electron chi connectivity index (χ0n) is 9.78. The largest absolute Gasteiger partial charge is 0.396 e. The Labute approximate surface area is 101 Å². The van der Waals surface area contributed by atoms with Gasteiger partial charge in [-0.2, -0.15) is 0 Å². The summed E-state index contributed by atoms with van der Waals surface area (Å²) in [4.78, 5) is 11.8. The molecule has 1 aliphatic heterocycles. The van der Waals surface area contributed by atoms with Crippen LogP contribution in [-0.2, 0) is 11.2 Å². The smallest absolute Gasteiger partial charge is 0.241 e. The Bertz CT molecular complexity index is 370. The van der Waals surface area contributed by atoms with Crippen LogP contribution in [0.1, 0.15) is 18.4 Å². The van der Waals surface area contributed by atoms with E-state index in [1.54, 1.807) is 0 Å². The Hall–Kier alpha value is -1.39. The first-order chi connectivity index (χ1) is 8.29. The third kappa shape index (κ3) is 3.28. The summed E-state index contributed by atoms with van der Waals surface area (Å²) in [7, 11) is 0. The van der Waals surface area contributed by atoms with Crippen molar-refractivity contribution < 1.29 is 9.90 Å². The van der Waals surface area contributed by atoms with Crippen LogP contribution in [0.2, 0.25) is 0 Å². The molecule has 1 atom stereocenters. The molecule has 1 saturated heterocycles. The Morgan fingerprint density at radius 2 is 2.18 bits per heavy atom. The van der Waals surface area contributed by atoms with Crippen molar-refractivity contribution in [1.29, 1.82) is 0 Å². The molecule has 0 bridgehead atoms. The summed E-state index contributed by atoms with van der Waals surface area (Å²) in [6.07, 6.45) is 2.63. The van der Waals surface area contributed by atoms with Gasteiger partial charge >= 0.3 is 0 Å². The van der Waals surface area contributed by atoms with Crippen molar-refractivity contribution in [2.75, 3.05) is 18.5 Å². The second-order valence-electron chi connectivity index (χ2n) is 4.31. The lowest BCUT2D eigenvalue weighted by molar-refractivity contribution is -0.117. The van der Waals surface area contributed by atoms with E-state index in [2.05, 4.69) is 10.6 Å². The predicted octanol–water partition coefficient (Wildman–Crippen LogP) is 0.912. The van der Waals surface area contributed by atoms with Crippen molar-refractivity contribution in [2.24, 2.45) is 0 Å². The normalized spacial score (nSPS) is 19.2. The summed E-state index contributed by atoms with van der Waals surface area (Å²) in [6.45, 7) is 1.07. The van der Waals surface area contributed by atoms with Crippen molar-refractivity contribution in [3.05, 3.63) is 29.8 Å². The van der Waals surface area contributed by atoms with Crippen LogP contribution in [0, 0.1) is 0 Å². The van der Waals surface area contributed by atoms with E-state index in [0.29, 0.717) is 6.42 Å². The first kappa shape index (κ1) is 12.1. The first-order valence-electron chi connectivity index (χ1n) is 6.03. The van der Waals surface area contributed by atoms with E-state index in [9.17, 15) is 4.79 Å². The lowest BCUT2D eigenvalue weighted by atomic mass is 10.1. The minimum absolute atomic E-state index is 0.0393. The molecule has 1 aromatic rings. The highest BCUT2D eigenvalue weighted by Gasteiger charge is 2.21. The fraction of sp³-hybridized carbons (Fsp3) is 0.462. The van der Waals surface area contributed by atoms with Gasteiger partial charge in [0, 0.05) is 12.3 Å². The van der Waals surface area contributed by atoms with E-state index in [4.69, 9.17) is 5.11 Å². The molecule has 0 aliphatic carbocycles. The lowest BCUT2D eigenvalue weighted by Gasteiger charge is -2.11. The van der Waals surface area contributed by atoms with E-state index in [-0.39, 0.29) is 18.6 Å². The summed E-state index contributed by atoms with van der Waals surface area (Å²) in [5, 5.41) is 14.9. The maximum absolute atomic E-state index is 11.8. The number of carbonyl (C=O) groups excluding carboxylic acids is 1. The maximum Gasteiger partial charge on any atom is 0.241 e. The number of aliphatic hydroxyl groups is 1. The van der Waals surface area contributed by atoms with Crippen molar-refractivity contribution in [3.63, 3.8) is 0 Å². The molecule has 0 saturated carbocycles. The maximum atomic E-state index is 11.8. The van der Waals surface area contributed by atoms with Crippen LogP contribution in [-0.4, -0.2) is 30.2 Å². The highest BCUT2D eigenvalue weighted by Crippen LogP contribution is 2.12. The zero-order chi connectivity index (χ0) is 12.1. The highest BCUT2D eigenvalue weighted by molar-refractivity contribution is 5.95. The lowest BCUT2D eigenvalue weighted by Crippen LogP contribution is -2.35. The monoisotopic (exact) mass is 234 g/mol. The topological polar surface area (TPSA) is 61.4 Å². The van der Waals surface area contributed by atoms with Crippen LogP contribution in [0.25, 0.3) is 0 Å². The zero-order valence-corrected chi connectivity index (χ0v) is 9.78. The van der Waals surface area contributed by atoms with Gasteiger partial charge in [-0.3, -0.25) is 4.79 Å². The molecule has 0 radical (unpaired) electrons. The standard InChI is InChI=1S/C13H18N2O2/c16-9-7-10-3-5-11(6-4-10)15-13(17)12-2-1-8-14-12/h3-6,12,14,16H,1-2,7-9H2,(H,15,17)/t12-/m0/s1. The SMILES string of the molecule is O=C(Nc1ccc(CCO)cc1)[C@@H]1CCCN1. The molecule has 0 unspecified atom stereocenters. The fourth-order valence-electron chi connectivity index (χ4n) is 2.02. The molecular formula is C13H18N2O2. The predicted molar refractivity (Wildman–Crippen MR) is 66.9 cm³/mol. The van der Waals surface area contributed by atoms with E-state index in [0.717, 1.165) is 30.6 Å². The molecule has 1 amide bonds. The van der Waals surface area contributed by atoms with Gasteiger partial charge in [0.15, 0.2) is 0 Å². The Balaban J connectivity index is 1.91. The Kier molecular flexibility index (Phi) is 4.12. The molecule has 1 heterocycles. The summed E-state index contributed by atoms with van der Waals surface area (Å²) in [5.74, 6) is 0.0393. The van der Waals surface area contributed by atoms with Gasteiger partial charge < -0.3 is 15.7 Å². The van der Waals surface area contributed by atoms with Crippen LogP contribution in [0.3, 0.4) is 0 Å². The number of amides is 1. The average Bonchev–Trinajstić information content (AvgIpc) is 2.86. The van der Waals surface area contributed by atoms with Gasteiger partial charge in [-0.25, -0.2) is 0 Å². The Morgan fingerprint density at radius 3 is 2.76 bits per heavy atom. The quantitative estimate of drug-likeness (QED) is 0.725. The molecule has 4 nitrogen and oxygen atoms in total. The summed E-state index contributed by atoms with van der Waals surface area (Å²) in [5.41, 5.74) is 1.88. The number of rotatable bonds is 4. The highest BCUT2D eigenvalue weighted by atomic mass is 16.2. The van der Waals surface area contributed by atoms with Gasteiger partial charge in [-0.15, -0.1) is 0 Å². The van der Waals surface area contributed by atoms with Crippen molar-refractivity contribution >= 4 is 11.6 Å². The summed E-state index contributed by atoms with van der Waals surface area (Å²) < 4.78 is 0. The molecule has 1 aliphatic rings. The van der Waals surface area contributed by atoms with Crippen LogP contribution in [0.15, 0.2) is 24.3 Å². The van der Waals surface area contributed by atoms with Crippen molar-refractivity contribution in [2.45, 2.75) is 25.3 Å². The first-order valence-corrected chi connectivity index (χ1v) is 6.03. The average molecular weight is 234 g/mol. The minimum Gasteiger partial charge on any atom is -0.396 e. The van der Waals surface area contributed by atoms with Gasteiger partial charge in [0.25, 0.3) is 0 Å². The second kappa shape index (κ2) is 5.80. The van der Waals surface area contributed by atoms with E-state index < -0.39 is 0 Å². The van der Waals surface area contributed by atoms with E-state index in [1.165, 1.54) is 0 Å². The summed E-state index contributed by atoms with van der Waals surface area (Å²) >= 11 is 0. The molecule has 2 rings (SSSR count). The van der Waals surface area contributed by atoms with Crippen LogP contribution in [0.5, 0.6) is 0 Å². The number of hydrogen-bond donors (Lipinski definition) is 3. The molecule has 17 heavy (non-hydrogen) atoms. The molecule has 1 fully saturated rings. The molecule has 92 valence electrons. The number of carbonyl (C=O) groups is 1. The van der Waals surface area contributed by atoms with Gasteiger partial charge in [-0.05, 0) is 43.5 Å². The fourth-order valence-corrected chi connectivity index (χ4v) is 2.02. The van der Waals surface area contributed by atoms with Crippen LogP contribution in [0.4, 0.5) is 5.69 Å². The van der Waals surface area contributed by atoms with Gasteiger partial charge in [0.05, 0.1) is 6.04 Å². The van der Waals surface area contributed by atoms with Crippen molar-refractivity contribution in [3.8, 4) is 0 Å². The molecule has 0 spiro atoms. The molecule has 0 aromatic heterocycles. The molecule has 1 aromatic carbocycles. The third-order valence-electron chi connectivity index (χ3n) is 3.00. The molecular weight excluding hydrogens is 216 g/mol. The number of aliphatic hydroxyl groups excluding tert-OH is 1. The van der Waals surface area contributed by atoms with E-state index in [1.807, 2.05) is 24.3 Å². The number of hydrogen-bond acceptors (Lipinski definition) is 3. The molecule has 3 N–H and O–H groups in total. The number of benzene rings is 1. The Morgan fingerprint density at radius 1 is 1.41 bits per heavy atom. The van der Waals surface area contributed by atoms with Crippen LogP contribution >= 0.6 is 0 Å². The second-order valence-corrected chi connectivity index (χ2v) is 4.31. The summed E-state index contributed by atoms with van der Waals surface area (Å²) in [6, 6.07) is 7.55. The minimum atomic E-state index is -0.0490. The van der Waals surface area contributed by atoms with Crippen LogP contribution < -0.4 is 10.6 Å².